The molecule has 6 nitrogen and oxygen atoms in total. The number of rotatable bonds is 4. The van der Waals surface area contributed by atoms with Crippen molar-refractivity contribution in [1.29, 1.82) is 0 Å². The molecule has 2 aliphatic rings. The van der Waals surface area contributed by atoms with Gasteiger partial charge in [0, 0.05) is 36.8 Å². The van der Waals surface area contributed by atoms with E-state index in [0.717, 1.165) is 18.5 Å². The first kappa shape index (κ1) is 17.2. The van der Waals surface area contributed by atoms with Crippen LogP contribution in [0.25, 0.3) is 5.65 Å². The summed E-state index contributed by atoms with van der Waals surface area (Å²) in [6.45, 7) is 4.07. The van der Waals surface area contributed by atoms with Gasteiger partial charge in [-0.25, -0.2) is 18.3 Å². The van der Waals surface area contributed by atoms with Crippen molar-refractivity contribution in [3.8, 4) is 0 Å². The van der Waals surface area contributed by atoms with E-state index in [9.17, 15) is 13.6 Å². The number of anilines is 1. The molecule has 0 aromatic carbocycles. The summed E-state index contributed by atoms with van der Waals surface area (Å²) in [4.78, 5) is 18.5. The van der Waals surface area contributed by atoms with E-state index in [1.165, 1.54) is 0 Å². The average Bonchev–Trinajstić information content (AvgIpc) is 3.33. The van der Waals surface area contributed by atoms with Gasteiger partial charge in [0.2, 0.25) is 0 Å². The lowest BCUT2D eigenvalue weighted by molar-refractivity contribution is -0.0118. The van der Waals surface area contributed by atoms with E-state index >= 15 is 0 Å². The molecule has 0 unspecified atom stereocenters. The highest BCUT2D eigenvalue weighted by molar-refractivity contribution is 5.93. The number of alkyl halides is 2. The molecular formula is C18H23F2N5O. The highest BCUT2D eigenvalue weighted by atomic mass is 19.3. The number of hydrogen-bond donors (Lipinski definition) is 1. The summed E-state index contributed by atoms with van der Waals surface area (Å²) in [5.74, 6) is -1.85. The summed E-state index contributed by atoms with van der Waals surface area (Å²) < 4.78 is 29.0. The molecule has 2 fully saturated rings. The third-order valence-electron chi connectivity index (χ3n) is 5.23. The van der Waals surface area contributed by atoms with Crippen LogP contribution in [-0.4, -0.2) is 45.6 Å². The monoisotopic (exact) mass is 363 g/mol. The summed E-state index contributed by atoms with van der Waals surface area (Å²) in [6, 6.07) is 3.50. The molecule has 0 radical (unpaired) electrons. The van der Waals surface area contributed by atoms with Crippen molar-refractivity contribution in [1.82, 2.24) is 19.9 Å². The number of halogens is 2. The minimum atomic E-state index is -2.69. The van der Waals surface area contributed by atoms with Crippen molar-refractivity contribution in [2.45, 2.75) is 51.5 Å². The quantitative estimate of drug-likeness (QED) is 0.907. The zero-order chi connectivity index (χ0) is 18.5. The van der Waals surface area contributed by atoms with Crippen LogP contribution in [0.2, 0.25) is 0 Å². The molecule has 1 saturated carbocycles. The molecule has 2 aromatic heterocycles. The summed E-state index contributed by atoms with van der Waals surface area (Å²) >= 11 is 0. The van der Waals surface area contributed by atoms with Crippen LogP contribution < -0.4 is 10.2 Å². The number of aromatic nitrogens is 3. The zero-order valence-corrected chi connectivity index (χ0v) is 15.0. The van der Waals surface area contributed by atoms with Crippen LogP contribution in [0.5, 0.6) is 0 Å². The number of piperidine rings is 1. The molecule has 1 aliphatic heterocycles. The molecule has 8 heteroatoms. The Labute approximate surface area is 150 Å². The van der Waals surface area contributed by atoms with Crippen molar-refractivity contribution >= 4 is 17.4 Å². The molecule has 2 aromatic rings. The first-order valence-corrected chi connectivity index (χ1v) is 9.13. The topological polar surface area (TPSA) is 62.5 Å². The van der Waals surface area contributed by atoms with Crippen LogP contribution in [0, 0.1) is 12.8 Å². The zero-order valence-electron chi connectivity index (χ0n) is 15.0. The van der Waals surface area contributed by atoms with E-state index in [2.05, 4.69) is 15.4 Å². The van der Waals surface area contributed by atoms with Gasteiger partial charge in [0.15, 0.2) is 11.3 Å². The molecule has 1 amide bonds. The van der Waals surface area contributed by atoms with E-state index < -0.39 is 5.92 Å². The van der Waals surface area contributed by atoms with E-state index in [1.54, 1.807) is 21.5 Å². The van der Waals surface area contributed by atoms with Crippen LogP contribution >= 0.6 is 0 Å². The van der Waals surface area contributed by atoms with Gasteiger partial charge in [-0.15, -0.1) is 0 Å². The largest absolute Gasteiger partial charge is 0.350 e. The molecule has 1 atom stereocenters. The fourth-order valence-electron chi connectivity index (χ4n) is 3.54. The SMILES string of the molecule is Cc1cc(N2CCCC(F)(F)C2)nc2cc(C(=O)N[C@@H](C)C3CC3)nn12. The second kappa shape index (κ2) is 6.17. The lowest BCUT2D eigenvalue weighted by Crippen LogP contribution is -2.43. The Morgan fingerprint density at radius 1 is 1.38 bits per heavy atom. The van der Waals surface area contributed by atoms with Crippen LogP contribution in [-0.2, 0) is 0 Å². The van der Waals surface area contributed by atoms with E-state index in [-0.39, 0.29) is 24.9 Å². The van der Waals surface area contributed by atoms with Crippen molar-refractivity contribution < 1.29 is 13.6 Å². The van der Waals surface area contributed by atoms with Crippen LogP contribution in [0.15, 0.2) is 12.1 Å². The number of nitrogens with one attached hydrogen (secondary N) is 1. The molecule has 3 heterocycles. The molecule has 26 heavy (non-hydrogen) atoms. The highest BCUT2D eigenvalue weighted by Gasteiger charge is 2.36. The van der Waals surface area contributed by atoms with Gasteiger partial charge in [0.25, 0.3) is 11.8 Å². The van der Waals surface area contributed by atoms with Gasteiger partial charge in [0.05, 0.1) is 6.54 Å². The Hall–Kier alpha value is -2.25. The molecule has 1 saturated heterocycles. The van der Waals surface area contributed by atoms with E-state index in [1.807, 2.05) is 13.8 Å². The predicted octanol–water partition coefficient (Wildman–Crippen LogP) is 2.80. The minimum absolute atomic E-state index is 0.0824. The number of carbonyl (C=O) groups excluding carboxylic acids is 1. The van der Waals surface area contributed by atoms with Gasteiger partial charge in [0.1, 0.15) is 5.82 Å². The van der Waals surface area contributed by atoms with E-state index in [4.69, 9.17) is 0 Å². The third kappa shape index (κ3) is 3.37. The Balaban J connectivity index is 1.59. The maximum atomic E-state index is 13.7. The standard InChI is InChI=1S/C18H23F2N5O/c1-11-8-15(24-7-3-6-18(19,20)10-24)22-16-9-14(23-25(11)16)17(26)21-12(2)13-4-5-13/h8-9,12-13H,3-7,10H2,1-2H3,(H,21,26)/t12-/m0/s1. The Morgan fingerprint density at radius 3 is 2.85 bits per heavy atom. The smallest absolute Gasteiger partial charge is 0.272 e. The molecule has 1 N–H and O–H groups in total. The van der Waals surface area contributed by atoms with Crippen molar-refractivity contribution in [2.24, 2.45) is 5.92 Å². The van der Waals surface area contributed by atoms with Gasteiger partial charge in [-0.1, -0.05) is 0 Å². The number of aryl methyl sites for hydroxylation is 1. The van der Waals surface area contributed by atoms with Crippen LogP contribution in [0.3, 0.4) is 0 Å². The average molecular weight is 363 g/mol. The van der Waals surface area contributed by atoms with Crippen molar-refractivity contribution in [3.05, 3.63) is 23.5 Å². The van der Waals surface area contributed by atoms with E-state index in [0.29, 0.717) is 36.0 Å². The van der Waals surface area contributed by atoms with Crippen LogP contribution in [0.1, 0.15) is 48.8 Å². The summed E-state index contributed by atoms with van der Waals surface area (Å²) in [5.41, 5.74) is 1.56. The van der Waals surface area contributed by atoms with Gasteiger partial charge < -0.3 is 10.2 Å². The Kier molecular flexibility index (Phi) is 4.08. The fourth-order valence-corrected chi connectivity index (χ4v) is 3.54. The van der Waals surface area contributed by atoms with Gasteiger partial charge in [-0.05, 0) is 39.0 Å². The lowest BCUT2D eigenvalue weighted by Gasteiger charge is -2.33. The van der Waals surface area contributed by atoms with Crippen LogP contribution in [0.4, 0.5) is 14.6 Å². The van der Waals surface area contributed by atoms with Gasteiger partial charge >= 0.3 is 0 Å². The number of amides is 1. The highest BCUT2D eigenvalue weighted by Crippen LogP contribution is 2.32. The summed E-state index contributed by atoms with van der Waals surface area (Å²) in [5, 5.41) is 7.31. The molecule has 1 aliphatic carbocycles. The maximum Gasteiger partial charge on any atom is 0.272 e. The second-order valence-corrected chi connectivity index (χ2v) is 7.54. The summed E-state index contributed by atoms with van der Waals surface area (Å²) in [7, 11) is 0. The first-order valence-electron chi connectivity index (χ1n) is 9.13. The van der Waals surface area contributed by atoms with Crippen molar-refractivity contribution in [3.63, 3.8) is 0 Å². The normalized spacial score (nSPS) is 21.0. The second-order valence-electron chi connectivity index (χ2n) is 7.54. The number of hydrogen-bond acceptors (Lipinski definition) is 4. The van der Waals surface area contributed by atoms with Gasteiger partial charge in [-0.3, -0.25) is 4.79 Å². The Morgan fingerprint density at radius 2 is 2.15 bits per heavy atom. The minimum Gasteiger partial charge on any atom is -0.350 e. The molecule has 0 spiro atoms. The lowest BCUT2D eigenvalue weighted by atomic mass is 10.1. The maximum absolute atomic E-state index is 13.7. The van der Waals surface area contributed by atoms with Gasteiger partial charge in [-0.2, -0.15) is 5.10 Å². The molecule has 0 bridgehead atoms. The number of carbonyl (C=O) groups is 1. The summed E-state index contributed by atoms with van der Waals surface area (Å²) in [6.07, 6.45) is 2.65. The number of fused-ring (bicyclic) bond motifs is 1. The Bertz CT molecular complexity index is 845. The fraction of sp³-hybridized carbons (Fsp3) is 0.611. The molecule has 4 rings (SSSR count). The third-order valence-corrected chi connectivity index (χ3v) is 5.23. The number of nitrogens with zero attached hydrogens (tertiary/aromatic N) is 4. The predicted molar refractivity (Wildman–Crippen MR) is 93.8 cm³/mol. The van der Waals surface area contributed by atoms with Crippen molar-refractivity contribution in [2.75, 3.05) is 18.0 Å². The molecular weight excluding hydrogens is 340 g/mol. The first-order chi connectivity index (χ1) is 12.3. The molecule has 140 valence electrons.